The molecule has 0 radical (unpaired) electrons. The normalized spacial score (nSPS) is 16.4. The van der Waals surface area contributed by atoms with Gasteiger partial charge in [-0.25, -0.2) is 4.98 Å². The lowest BCUT2D eigenvalue weighted by Crippen LogP contribution is -2.39. The molecule has 0 aromatic carbocycles. The Balaban J connectivity index is 2.01. The summed E-state index contributed by atoms with van der Waals surface area (Å²) in [6.45, 7) is 4.27. The molecule has 6 nitrogen and oxygen atoms in total. The van der Waals surface area contributed by atoms with Crippen LogP contribution in [0.1, 0.15) is 30.3 Å². The number of aromatic nitrogens is 2. The van der Waals surface area contributed by atoms with Gasteiger partial charge in [0.2, 0.25) is 0 Å². The van der Waals surface area contributed by atoms with Crippen molar-refractivity contribution in [2.24, 2.45) is 5.92 Å². The lowest BCUT2D eigenvalue weighted by Gasteiger charge is -2.30. The van der Waals surface area contributed by atoms with Crippen LogP contribution in [0.5, 0.6) is 0 Å². The first kappa shape index (κ1) is 13.7. The first-order valence-electron chi connectivity index (χ1n) is 6.70. The fourth-order valence-electron chi connectivity index (χ4n) is 2.22. The molecule has 2 rings (SSSR count). The van der Waals surface area contributed by atoms with Gasteiger partial charge < -0.3 is 15.3 Å². The minimum absolute atomic E-state index is 0.0800. The number of aliphatic hydroxyl groups excluding tert-OH is 1. The van der Waals surface area contributed by atoms with Crippen LogP contribution in [0, 0.1) is 5.92 Å². The maximum Gasteiger partial charge on any atom is 0.274 e. The van der Waals surface area contributed by atoms with Crippen LogP contribution >= 0.6 is 0 Å². The minimum atomic E-state index is -0.0800. The van der Waals surface area contributed by atoms with Crippen molar-refractivity contribution in [3.8, 4) is 0 Å². The third-order valence-electron chi connectivity index (χ3n) is 3.37. The molecule has 1 aliphatic rings. The van der Waals surface area contributed by atoms with Gasteiger partial charge in [-0.15, -0.1) is 0 Å². The fourth-order valence-corrected chi connectivity index (χ4v) is 2.22. The zero-order valence-corrected chi connectivity index (χ0v) is 11.2. The van der Waals surface area contributed by atoms with Gasteiger partial charge in [0, 0.05) is 26.2 Å². The first-order chi connectivity index (χ1) is 9.24. The van der Waals surface area contributed by atoms with Crippen molar-refractivity contribution in [2.75, 3.05) is 31.6 Å². The topological polar surface area (TPSA) is 78.4 Å². The standard InChI is InChI=1S/C13H20N4O2/c1-2-15-12-8-14-7-11(16-12)13(19)17-5-3-10(9-18)4-6-17/h7-8,10,18H,2-6,9H2,1H3,(H,15,16). The molecule has 19 heavy (non-hydrogen) atoms. The summed E-state index contributed by atoms with van der Waals surface area (Å²) in [6, 6.07) is 0. The molecular formula is C13H20N4O2. The van der Waals surface area contributed by atoms with Gasteiger partial charge in [0.25, 0.3) is 5.91 Å². The maximum absolute atomic E-state index is 12.3. The van der Waals surface area contributed by atoms with Crippen molar-refractivity contribution in [1.82, 2.24) is 14.9 Å². The fraction of sp³-hybridized carbons (Fsp3) is 0.615. The zero-order valence-electron chi connectivity index (χ0n) is 11.2. The van der Waals surface area contributed by atoms with Crippen LogP contribution in [0.25, 0.3) is 0 Å². The Morgan fingerprint density at radius 2 is 2.21 bits per heavy atom. The average molecular weight is 264 g/mol. The van der Waals surface area contributed by atoms with Gasteiger partial charge in [-0.2, -0.15) is 0 Å². The van der Waals surface area contributed by atoms with Crippen molar-refractivity contribution in [2.45, 2.75) is 19.8 Å². The third-order valence-corrected chi connectivity index (χ3v) is 3.37. The largest absolute Gasteiger partial charge is 0.396 e. The molecule has 2 N–H and O–H groups in total. The van der Waals surface area contributed by atoms with Crippen LogP contribution in [0.4, 0.5) is 5.82 Å². The van der Waals surface area contributed by atoms with E-state index in [1.54, 1.807) is 11.1 Å². The van der Waals surface area contributed by atoms with Crippen LogP contribution in [-0.2, 0) is 0 Å². The highest BCUT2D eigenvalue weighted by Crippen LogP contribution is 2.18. The number of likely N-dealkylation sites (tertiary alicyclic amines) is 1. The number of hydrogen-bond donors (Lipinski definition) is 2. The molecule has 1 saturated heterocycles. The first-order valence-corrected chi connectivity index (χ1v) is 6.70. The van der Waals surface area contributed by atoms with Crippen molar-refractivity contribution in [3.05, 3.63) is 18.1 Å². The van der Waals surface area contributed by atoms with Gasteiger partial charge in [-0.05, 0) is 25.7 Å². The summed E-state index contributed by atoms with van der Waals surface area (Å²) in [5.41, 5.74) is 0.376. The summed E-state index contributed by atoms with van der Waals surface area (Å²) in [5, 5.41) is 12.1. The predicted octanol–water partition coefficient (Wildman–Crippen LogP) is 0.753. The van der Waals surface area contributed by atoms with Crippen LogP contribution in [0.15, 0.2) is 12.4 Å². The molecule has 0 unspecified atom stereocenters. The van der Waals surface area contributed by atoms with E-state index < -0.39 is 0 Å². The third kappa shape index (κ3) is 3.41. The molecule has 0 atom stereocenters. The Labute approximate surface area is 112 Å². The van der Waals surface area contributed by atoms with Gasteiger partial charge >= 0.3 is 0 Å². The molecule has 0 saturated carbocycles. The predicted molar refractivity (Wildman–Crippen MR) is 71.9 cm³/mol. The number of piperidine rings is 1. The summed E-state index contributed by atoms with van der Waals surface area (Å²) >= 11 is 0. The highest BCUT2D eigenvalue weighted by atomic mass is 16.3. The Kier molecular flexibility index (Phi) is 4.68. The number of amides is 1. The quantitative estimate of drug-likeness (QED) is 0.839. The average Bonchev–Trinajstić information content (AvgIpc) is 2.47. The molecule has 0 aliphatic carbocycles. The lowest BCUT2D eigenvalue weighted by molar-refractivity contribution is 0.0645. The van der Waals surface area contributed by atoms with Crippen LogP contribution in [0.3, 0.4) is 0 Å². The molecule has 1 aliphatic heterocycles. The van der Waals surface area contributed by atoms with Crippen LogP contribution in [-0.4, -0.2) is 52.1 Å². The number of hydrogen-bond acceptors (Lipinski definition) is 5. The number of nitrogens with one attached hydrogen (secondary N) is 1. The summed E-state index contributed by atoms with van der Waals surface area (Å²) in [5.74, 6) is 0.866. The Morgan fingerprint density at radius 3 is 2.84 bits per heavy atom. The van der Waals surface area contributed by atoms with Gasteiger partial charge in [0.15, 0.2) is 0 Å². The van der Waals surface area contributed by atoms with Gasteiger partial charge in [0.05, 0.1) is 12.4 Å². The van der Waals surface area contributed by atoms with Crippen LogP contribution < -0.4 is 5.32 Å². The molecule has 1 aromatic heterocycles. The molecule has 2 heterocycles. The molecule has 6 heteroatoms. The molecular weight excluding hydrogens is 244 g/mol. The monoisotopic (exact) mass is 264 g/mol. The van der Waals surface area contributed by atoms with Crippen molar-refractivity contribution >= 4 is 11.7 Å². The second-order valence-corrected chi connectivity index (χ2v) is 4.74. The number of anilines is 1. The van der Waals surface area contributed by atoms with E-state index >= 15 is 0 Å². The van der Waals surface area contributed by atoms with E-state index in [9.17, 15) is 4.79 Å². The number of nitrogens with zero attached hydrogens (tertiary/aromatic N) is 3. The van der Waals surface area contributed by atoms with E-state index in [0.29, 0.717) is 30.5 Å². The second kappa shape index (κ2) is 6.47. The minimum Gasteiger partial charge on any atom is -0.396 e. The summed E-state index contributed by atoms with van der Waals surface area (Å²) in [7, 11) is 0. The molecule has 1 amide bonds. The molecule has 104 valence electrons. The van der Waals surface area contributed by atoms with Gasteiger partial charge in [0.1, 0.15) is 11.5 Å². The van der Waals surface area contributed by atoms with E-state index in [-0.39, 0.29) is 12.5 Å². The Morgan fingerprint density at radius 1 is 1.47 bits per heavy atom. The molecule has 1 aromatic rings. The SMILES string of the molecule is CCNc1cncc(C(=O)N2CCC(CO)CC2)n1. The smallest absolute Gasteiger partial charge is 0.274 e. The number of rotatable bonds is 4. The Hall–Kier alpha value is -1.69. The maximum atomic E-state index is 12.3. The van der Waals surface area contributed by atoms with Gasteiger partial charge in [-0.1, -0.05) is 0 Å². The summed E-state index contributed by atoms with van der Waals surface area (Å²) < 4.78 is 0. The van der Waals surface area contributed by atoms with Crippen molar-refractivity contribution < 1.29 is 9.90 Å². The second-order valence-electron chi connectivity index (χ2n) is 4.74. The highest BCUT2D eigenvalue weighted by molar-refractivity contribution is 5.92. The molecule has 0 bridgehead atoms. The zero-order chi connectivity index (χ0) is 13.7. The van der Waals surface area contributed by atoms with E-state index in [0.717, 1.165) is 19.4 Å². The van der Waals surface area contributed by atoms with E-state index in [1.165, 1.54) is 6.20 Å². The van der Waals surface area contributed by atoms with Crippen LogP contribution in [0.2, 0.25) is 0 Å². The Bertz CT molecular complexity index is 430. The van der Waals surface area contributed by atoms with E-state index in [2.05, 4.69) is 15.3 Å². The summed E-state index contributed by atoms with van der Waals surface area (Å²) in [4.78, 5) is 22.4. The molecule has 1 fully saturated rings. The number of aliphatic hydroxyl groups is 1. The van der Waals surface area contributed by atoms with E-state index in [4.69, 9.17) is 5.11 Å². The van der Waals surface area contributed by atoms with Crippen molar-refractivity contribution in [1.29, 1.82) is 0 Å². The lowest BCUT2D eigenvalue weighted by atomic mass is 9.98. The van der Waals surface area contributed by atoms with E-state index in [1.807, 2.05) is 6.92 Å². The van der Waals surface area contributed by atoms with Gasteiger partial charge in [-0.3, -0.25) is 9.78 Å². The number of carbonyl (C=O) groups is 1. The summed E-state index contributed by atoms with van der Waals surface area (Å²) in [6.07, 6.45) is 4.81. The number of carbonyl (C=O) groups excluding carboxylic acids is 1. The molecule has 0 spiro atoms. The highest BCUT2D eigenvalue weighted by Gasteiger charge is 2.24. The van der Waals surface area contributed by atoms with Crippen molar-refractivity contribution in [3.63, 3.8) is 0 Å².